The smallest absolute Gasteiger partial charge is 0.329 e. The molecule has 0 aliphatic carbocycles. The van der Waals surface area contributed by atoms with Gasteiger partial charge in [-0.2, -0.15) is 0 Å². The molecule has 1 aliphatic heterocycles. The molecule has 2 amide bonds. The first kappa shape index (κ1) is 16.3. The number of rotatable bonds is 3. The fraction of sp³-hybridized carbons (Fsp3) is 0.471. The molecule has 0 spiro atoms. The Bertz CT molecular complexity index is 897. The first-order valence-electron chi connectivity index (χ1n) is 7.98. The lowest BCUT2D eigenvalue weighted by Gasteiger charge is -2.22. The van der Waals surface area contributed by atoms with Gasteiger partial charge in [0.1, 0.15) is 11.8 Å². The molecule has 3 rings (SSSR count). The molecule has 1 atom stereocenters. The molecule has 1 aromatic carbocycles. The molecule has 2 heterocycles. The van der Waals surface area contributed by atoms with E-state index in [0.29, 0.717) is 17.7 Å². The highest BCUT2D eigenvalue weighted by atomic mass is 16.5. The van der Waals surface area contributed by atoms with E-state index in [9.17, 15) is 14.4 Å². The van der Waals surface area contributed by atoms with E-state index < -0.39 is 11.9 Å². The van der Waals surface area contributed by atoms with Crippen LogP contribution in [0.5, 0.6) is 5.75 Å². The van der Waals surface area contributed by atoms with Crippen molar-refractivity contribution in [1.29, 1.82) is 0 Å². The molecule has 1 N–H and O–H groups in total. The molecular weight excluding hydrogens is 310 g/mol. The Balaban J connectivity index is 0.00000225. The van der Waals surface area contributed by atoms with Crippen LogP contribution in [0.15, 0.2) is 16.9 Å². The molecule has 130 valence electrons. The van der Waals surface area contributed by atoms with E-state index in [1.165, 1.54) is 4.57 Å². The summed E-state index contributed by atoms with van der Waals surface area (Å²) in [5.41, 5.74) is 2.11. The fourth-order valence-electron chi connectivity index (χ4n) is 3.45. The number of ether oxygens (including phenoxy) is 1. The maximum absolute atomic E-state index is 12.8. The third-order valence-electron chi connectivity index (χ3n) is 4.56. The van der Waals surface area contributed by atoms with E-state index in [-0.39, 0.29) is 25.4 Å². The number of amides is 2. The molecule has 0 bridgehead atoms. The van der Waals surface area contributed by atoms with Gasteiger partial charge in [0, 0.05) is 20.5 Å². The Kier molecular flexibility index (Phi) is 3.95. The first-order valence-corrected chi connectivity index (χ1v) is 7.98. The van der Waals surface area contributed by atoms with E-state index in [1.54, 1.807) is 24.8 Å². The minimum Gasteiger partial charge on any atom is -0.496 e. The molecule has 2 aromatic rings. The van der Waals surface area contributed by atoms with Crippen LogP contribution < -0.4 is 15.7 Å². The summed E-state index contributed by atoms with van der Waals surface area (Å²) in [6, 6.07) is 2.94. The summed E-state index contributed by atoms with van der Waals surface area (Å²) < 4.78 is 8.49. The predicted octanol–water partition coefficient (Wildman–Crippen LogP) is 1.70. The fourth-order valence-corrected chi connectivity index (χ4v) is 3.45. The van der Waals surface area contributed by atoms with E-state index in [2.05, 4.69) is 5.32 Å². The van der Waals surface area contributed by atoms with Gasteiger partial charge in [0.05, 0.1) is 18.1 Å². The Morgan fingerprint density at radius 2 is 2.00 bits per heavy atom. The average molecular weight is 333 g/mol. The summed E-state index contributed by atoms with van der Waals surface area (Å²) in [6.07, 6.45) is 0.555. The van der Waals surface area contributed by atoms with Crippen molar-refractivity contribution in [2.75, 3.05) is 7.11 Å². The quantitative estimate of drug-likeness (QED) is 0.867. The lowest BCUT2D eigenvalue weighted by molar-refractivity contribution is -0.135. The van der Waals surface area contributed by atoms with Gasteiger partial charge in [0.25, 0.3) is 0 Å². The van der Waals surface area contributed by atoms with Crippen LogP contribution in [0.25, 0.3) is 11.0 Å². The van der Waals surface area contributed by atoms with E-state index in [4.69, 9.17) is 4.74 Å². The second-order valence-corrected chi connectivity index (χ2v) is 6.38. The Morgan fingerprint density at radius 1 is 1.29 bits per heavy atom. The summed E-state index contributed by atoms with van der Waals surface area (Å²) in [6.45, 7) is 4.07. The number of carbonyl (C=O) groups is 2. The van der Waals surface area contributed by atoms with Gasteiger partial charge in [0.15, 0.2) is 0 Å². The van der Waals surface area contributed by atoms with Gasteiger partial charge in [-0.3, -0.25) is 24.0 Å². The highest BCUT2D eigenvalue weighted by Crippen LogP contribution is 2.34. The SMILES string of the molecule is COc1ccc2c(c1C(C)C)n(C)c(=O)n2C1CCC(=O)NC1=O.[HH]. The van der Waals surface area contributed by atoms with Gasteiger partial charge in [-0.1, -0.05) is 13.8 Å². The van der Waals surface area contributed by atoms with Crippen LogP contribution in [-0.4, -0.2) is 28.1 Å². The monoisotopic (exact) mass is 333 g/mol. The third kappa shape index (κ3) is 2.31. The standard InChI is InChI=1S/C17H21N3O4.H2/c1-9(2)14-12(24-4)7-5-10-15(14)19(3)17(23)20(10)11-6-8-13(21)18-16(11)22;/h5,7,9,11H,6,8H2,1-4H3,(H,18,21,22);1H. The Morgan fingerprint density at radius 3 is 2.58 bits per heavy atom. The Hall–Kier alpha value is -2.57. The number of carbonyl (C=O) groups excluding carboxylic acids is 2. The zero-order valence-electron chi connectivity index (χ0n) is 14.3. The second-order valence-electron chi connectivity index (χ2n) is 6.38. The summed E-state index contributed by atoms with van der Waals surface area (Å²) in [7, 11) is 3.29. The van der Waals surface area contributed by atoms with Gasteiger partial charge in [-0.15, -0.1) is 0 Å². The van der Waals surface area contributed by atoms with Gasteiger partial charge < -0.3 is 4.74 Å². The summed E-state index contributed by atoms with van der Waals surface area (Å²) in [5, 5.41) is 2.32. The van der Waals surface area contributed by atoms with Crippen LogP contribution in [0.4, 0.5) is 0 Å². The Labute approximate surface area is 140 Å². The number of hydrogen-bond acceptors (Lipinski definition) is 4. The molecule has 24 heavy (non-hydrogen) atoms. The minimum absolute atomic E-state index is 0. The van der Waals surface area contributed by atoms with E-state index >= 15 is 0 Å². The van der Waals surface area contributed by atoms with Gasteiger partial charge in [0.2, 0.25) is 11.8 Å². The normalized spacial score (nSPS) is 18.3. The number of imidazole rings is 1. The van der Waals surface area contributed by atoms with Crippen LogP contribution in [0.3, 0.4) is 0 Å². The van der Waals surface area contributed by atoms with Crippen LogP contribution in [-0.2, 0) is 16.6 Å². The van der Waals surface area contributed by atoms with Crippen LogP contribution >= 0.6 is 0 Å². The molecule has 0 saturated carbocycles. The molecule has 7 heteroatoms. The van der Waals surface area contributed by atoms with Crippen molar-refractivity contribution < 1.29 is 15.8 Å². The van der Waals surface area contributed by atoms with Crippen molar-refractivity contribution in [3.8, 4) is 5.75 Å². The summed E-state index contributed by atoms with van der Waals surface area (Å²) in [5.74, 6) is 0.136. The van der Waals surface area contributed by atoms with Gasteiger partial charge >= 0.3 is 5.69 Å². The van der Waals surface area contributed by atoms with E-state index in [1.807, 2.05) is 19.9 Å². The number of nitrogens with one attached hydrogen (secondary N) is 1. The molecule has 1 aromatic heterocycles. The topological polar surface area (TPSA) is 82.3 Å². The lowest BCUT2D eigenvalue weighted by atomic mass is 9.99. The van der Waals surface area contributed by atoms with E-state index in [0.717, 1.165) is 11.1 Å². The number of aryl methyl sites for hydroxylation is 1. The van der Waals surface area contributed by atoms with Gasteiger partial charge in [-0.25, -0.2) is 4.79 Å². The van der Waals surface area contributed by atoms with Gasteiger partial charge in [-0.05, 0) is 24.5 Å². The van der Waals surface area contributed by atoms with Crippen molar-refractivity contribution in [2.45, 2.75) is 38.6 Å². The number of methoxy groups -OCH3 is 1. The predicted molar refractivity (Wildman–Crippen MR) is 91.4 cm³/mol. The summed E-state index contributed by atoms with van der Waals surface area (Å²) in [4.78, 5) is 36.4. The van der Waals surface area contributed by atoms with Crippen molar-refractivity contribution in [3.63, 3.8) is 0 Å². The number of nitrogens with zero attached hydrogens (tertiary/aromatic N) is 2. The molecule has 1 saturated heterocycles. The minimum atomic E-state index is -0.674. The van der Waals surface area contributed by atoms with Crippen molar-refractivity contribution in [3.05, 3.63) is 28.2 Å². The highest BCUT2D eigenvalue weighted by molar-refractivity contribution is 6.00. The number of benzene rings is 1. The molecule has 1 fully saturated rings. The maximum Gasteiger partial charge on any atom is 0.329 e. The molecule has 1 aliphatic rings. The van der Waals surface area contributed by atoms with Crippen molar-refractivity contribution in [1.82, 2.24) is 14.5 Å². The molecule has 7 nitrogen and oxygen atoms in total. The summed E-state index contributed by atoms with van der Waals surface area (Å²) >= 11 is 0. The average Bonchev–Trinajstić information content (AvgIpc) is 2.78. The number of imide groups is 1. The first-order chi connectivity index (χ1) is 11.4. The lowest BCUT2D eigenvalue weighted by Crippen LogP contribution is -2.44. The maximum atomic E-state index is 12.8. The number of fused-ring (bicyclic) bond motifs is 1. The number of hydrogen-bond donors (Lipinski definition) is 1. The molecule has 0 radical (unpaired) electrons. The zero-order chi connectivity index (χ0) is 17.6. The largest absolute Gasteiger partial charge is 0.496 e. The number of aromatic nitrogens is 2. The van der Waals surface area contributed by atoms with Crippen LogP contribution in [0.2, 0.25) is 0 Å². The van der Waals surface area contributed by atoms with Crippen molar-refractivity contribution >= 4 is 22.8 Å². The van der Waals surface area contributed by atoms with Crippen molar-refractivity contribution in [2.24, 2.45) is 7.05 Å². The molecule has 1 unspecified atom stereocenters. The second kappa shape index (κ2) is 5.81. The third-order valence-corrected chi connectivity index (χ3v) is 4.56. The van der Waals surface area contributed by atoms with Crippen LogP contribution in [0, 0.1) is 0 Å². The molecular formula is C17H23N3O4. The number of piperidine rings is 1. The zero-order valence-corrected chi connectivity index (χ0v) is 14.3. The van der Waals surface area contributed by atoms with Crippen LogP contribution in [0.1, 0.15) is 45.6 Å². The highest BCUT2D eigenvalue weighted by Gasteiger charge is 2.32.